The molecule has 100 valence electrons. The van der Waals surface area contributed by atoms with Crippen molar-refractivity contribution in [3.63, 3.8) is 0 Å². The minimum Gasteiger partial charge on any atom is -0.497 e. The SMILES string of the molecule is COc1ccc2ccc(OC(=O)CC(C)C)cc2c1. The van der Waals surface area contributed by atoms with Gasteiger partial charge in [0.1, 0.15) is 11.5 Å². The van der Waals surface area contributed by atoms with Crippen molar-refractivity contribution >= 4 is 16.7 Å². The fourth-order valence-electron chi connectivity index (χ4n) is 1.90. The minimum absolute atomic E-state index is 0.197. The van der Waals surface area contributed by atoms with E-state index in [1.807, 2.05) is 50.2 Å². The Kier molecular flexibility index (Phi) is 4.05. The predicted octanol–water partition coefficient (Wildman–Crippen LogP) is 3.80. The van der Waals surface area contributed by atoms with Crippen molar-refractivity contribution in [3.05, 3.63) is 36.4 Å². The van der Waals surface area contributed by atoms with Crippen LogP contribution in [0.5, 0.6) is 11.5 Å². The van der Waals surface area contributed by atoms with Crippen molar-refractivity contribution in [1.82, 2.24) is 0 Å². The number of benzene rings is 2. The zero-order chi connectivity index (χ0) is 13.8. The largest absolute Gasteiger partial charge is 0.497 e. The van der Waals surface area contributed by atoms with Crippen LogP contribution < -0.4 is 9.47 Å². The normalized spacial score (nSPS) is 10.7. The predicted molar refractivity (Wildman–Crippen MR) is 75.6 cm³/mol. The molecule has 0 radical (unpaired) electrons. The highest BCUT2D eigenvalue weighted by molar-refractivity contribution is 5.86. The molecule has 19 heavy (non-hydrogen) atoms. The average Bonchev–Trinajstić information content (AvgIpc) is 2.36. The minimum atomic E-state index is -0.197. The number of hydrogen-bond donors (Lipinski definition) is 0. The molecule has 0 atom stereocenters. The molecule has 3 heteroatoms. The molecule has 2 rings (SSSR count). The summed E-state index contributed by atoms with van der Waals surface area (Å²) in [5, 5.41) is 2.08. The number of rotatable bonds is 4. The van der Waals surface area contributed by atoms with Gasteiger partial charge in [-0.15, -0.1) is 0 Å². The van der Waals surface area contributed by atoms with Crippen molar-refractivity contribution < 1.29 is 14.3 Å². The van der Waals surface area contributed by atoms with Crippen LogP contribution in [0.4, 0.5) is 0 Å². The van der Waals surface area contributed by atoms with E-state index in [4.69, 9.17) is 9.47 Å². The van der Waals surface area contributed by atoms with Crippen molar-refractivity contribution in [3.8, 4) is 11.5 Å². The first kappa shape index (κ1) is 13.4. The van der Waals surface area contributed by atoms with Crippen LogP contribution in [-0.2, 0) is 4.79 Å². The highest BCUT2D eigenvalue weighted by atomic mass is 16.5. The third kappa shape index (κ3) is 3.47. The summed E-state index contributed by atoms with van der Waals surface area (Å²) in [4.78, 5) is 11.6. The zero-order valence-corrected chi connectivity index (χ0v) is 11.5. The van der Waals surface area contributed by atoms with E-state index in [1.54, 1.807) is 7.11 Å². The molecule has 0 bridgehead atoms. The number of hydrogen-bond acceptors (Lipinski definition) is 3. The smallest absolute Gasteiger partial charge is 0.311 e. The van der Waals surface area contributed by atoms with Crippen molar-refractivity contribution in [1.29, 1.82) is 0 Å². The molecule has 3 nitrogen and oxygen atoms in total. The van der Waals surface area contributed by atoms with E-state index in [0.717, 1.165) is 16.5 Å². The van der Waals surface area contributed by atoms with Gasteiger partial charge in [-0.2, -0.15) is 0 Å². The van der Waals surface area contributed by atoms with Crippen LogP contribution in [0.3, 0.4) is 0 Å². The van der Waals surface area contributed by atoms with Crippen LogP contribution in [-0.4, -0.2) is 13.1 Å². The Balaban J connectivity index is 2.22. The van der Waals surface area contributed by atoms with E-state index < -0.39 is 0 Å². The number of ether oxygens (including phenoxy) is 2. The lowest BCUT2D eigenvalue weighted by atomic mass is 10.1. The van der Waals surface area contributed by atoms with Crippen LogP contribution in [0.1, 0.15) is 20.3 Å². The molecular formula is C16H18O3. The van der Waals surface area contributed by atoms with Gasteiger partial charge < -0.3 is 9.47 Å². The highest BCUT2D eigenvalue weighted by Crippen LogP contribution is 2.25. The summed E-state index contributed by atoms with van der Waals surface area (Å²) in [5.41, 5.74) is 0. The van der Waals surface area contributed by atoms with Gasteiger partial charge in [0.05, 0.1) is 7.11 Å². The Morgan fingerprint density at radius 1 is 1.05 bits per heavy atom. The Labute approximate surface area is 113 Å². The second kappa shape index (κ2) is 5.74. The number of fused-ring (bicyclic) bond motifs is 1. The first-order chi connectivity index (χ1) is 9.08. The average molecular weight is 258 g/mol. The Morgan fingerprint density at radius 3 is 2.32 bits per heavy atom. The van der Waals surface area contributed by atoms with Crippen molar-refractivity contribution in [2.24, 2.45) is 5.92 Å². The zero-order valence-electron chi connectivity index (χ0n) is 11.5. The maximum Gasteiger partial charge on any atom is 0.311 e. The van der Waals surface area contributed by atoms with Crippen LogP contribution in [0.15, 0.2) is 36.4 Å². The molecule has 0 fully saturated rings. The van der Waals surface area contributed by atoms with Crippen LogP contribution in [0, 0.1) is 5.92 Å². The second-order valence-corrected chi connectivity index (χ2v) is 4.95. The van der Waals surface area contributed by atoms with Gasteiger partial charge in [-0.25, -0.2) is 0 Å². The Hall–Kier alpha value is -2.03. The van der Waals surface area contributed by atoms with Crippen LogP contribution >= 0.6 is 0 Å². The molecular weight excluding hydrogens is 240 g/mol. The molecule has 2 aromatic rings. The fourth-order valence-corrected chi connectivity index (χ4v) is 1.90. The quantitative estimate of drug-likeness (QED) is 0.618. The fraction of sp³-hybridized carbons (Fsp3) is 0.312. The van der Waals surface area contributed by atoms with E-state index in [1.165, 1.54) is 0 Å². The molecule has 0 heterocycles. The molecule has 0 aliphatic rings. The van der Waals surface area contributed by atoms with Gasteiger partial charge in [0, 0.05) is 6.42 Å². The number of carbonyl (C=O) groups is 1. The molecule has 0 aliphatic heterocycles. The third-order valence-electron chi connectivity index (χ3n) is 2.83. The number of esters is 1. The number of methoxy groups -OCH3 is 1. The van der Waals surface area contributed by atoms with Crippen molar-refractivity contribution in [2.75, 3.05) is 7.11 Å². The first-order valence-electron chi connectivity index (χ1n) is 6.37. The molecule has 0 N–H and O–H groups in total. The van der Waals surface area contributed by atoms with Gasteiger partial charge in [0.25, 0.3) is 0 Å². The summed E-state index contributed by atoms with van der Waals surface area (Å²) < 4.78 is 10.5. The maximum absolute atomic E-state index is 11.6. The lowest BCUT2D eigenvalue weighted by Crippen LogP contribution is -2.10. The molecule has 0 saturated carbocycles. The summed E-state index contributed by atoms with van der Waals surface area (Å²) in [6, 6.07) is 11.4. The van der Waals surface area contributed by atoms with E-state index in [0.29, 0.717) is 18.1 Å². The topological polar surface area (TPSA) is 35.5 Å². The van der Waals surface area contributed by atoms with E-state index in [-0.39, 0.29) is 5.97 Å². The van der Waals surface area contributed by atoms with Gasteiger partial charge in [0.2, 0.25) is 0 Å². The maximum atomic E-state index is 11.6. The Bertz CT molecular complexity index is 588. The lowest BCUT2D eigenvalue weighted by molar-refractivity contribution is -0.135. The van der Waals surface area contributed by atoms with Crippen molar-refractivity contribution in [2.45, 2.75) is 20.3 Å². The molecule has 0 unspecified atom stereocenters. The van der Waals surface area contributed by atoms with Gasteiger partial charge in [-0.3, -0.25) is 4.79 Å². The molecule has 2 aromatic carbocycles. The summed E-state index contributed by atoms with van der Waals surface area (Å²) >= 11 is 0. The molecule has 0 spiro atoms. The molecule has 0 aromatic heterocycles. The Morgan fingerprint density at radius 2 is 1.68 bits per heavy atom. The second-order valence-electron chi connectivity index (χ2n) is 4.95. The highest BCUT2D eigenvalue weighted by Gasteiger charge is 2.08. The summed E-state index contributed by atoms with van der Waals surface area (Å²) in [7, 11) is 1.63. The van der Waals surface area contributed by atoms with Gasteiger partial charge in [-0.05, 0) is 41.0 Å². The third-order valence-corrected chi connectivity index (χ3v) is 2.83. The first-order valence-corrected chi connectivity index (χ1v) is 6.37. The van der Waals surface area contributed by atoms with Gasteiger partial charge in [0.15, 0.2) is 0 Å². The van der Waals surface area contributed by atoms with E-state index >= 15 is 0 Å². The van der Waals surface area contributed by atoms with E-state index in [9.17, 15) is 4.79 Å². The molecule has 0 aliphatic carbocycles. The molecule has 0 amide bonds. The molecule has 0 saturated heterocycles. The summed E-state index contributed by atoms with van der Waals surface area (Å²) in [6.45, 7) is 3.99. The van der Waals surface area contributed by atoms with Crippen LogP contribution in [0.2, 0.25) is 0 Å². The number of carbonyl (C=O) groups excluding carboxylic acids is 1. The van der Waals surface area contributed by atoms with Gasteiger partial charge in [-0.1, -0.05) is 26.0 Å². The summed E-state index contributed by atoms with van der Waals surface area (Å²) in [6.07, 6.45) is 0.427. The lowest BCUT2D eigenvalue weighted by Gasteiger charge is -2.08. The summed E-state index contributed by atoms with van der Waals surface area (Å²) in [5.74, 6) is 1.47. The van der Waals surface area contributed by atoms with Crippen LogP contribution in [0.25, 0.3) is 10.8 Å². The van der Waals surface area contributed by atoms with Gasteiger partial charge >= 0.3 is 5.97 Å². The monoisotopic (exact) mass is 258 g/mol. The van der Waals surface area contributed by atoms with E-state index in [2.05, 4.69) is 0 Å². The standard InChI is InChI=1S/C16H18O3/c1-11(2)8-16(17)19-15-7-5-12-4-6-14(18-3)9-13(12)10-15/h4-7,9-11H,8H2,1-3H3.